The van der Waals surface area contributed by atoms with Crippen molar-refractivity contribution in [2.75, 3.05) is 5.32 Å². The molecule has 126 valence electrons. The number of anilines is 1. The van der Waals surface area contributed by atoms with E-state index in [0.717, 1.165) is 0 Å². The number of hydrogen-bond donors (Lipinski definition) is 3. The van der Waals surface area contributed by atoms with E-state index in [4.69, 9.17) is 10.2 Å². The van der Waals surface area contributed by atoms with E-state index in [1.54, 1.807) is 19.1 Å². The van der Waals surface area contributed by atoms with Gasteiger partial charge in [0.1, 0.15) is 0 Å². The molecule has 0 aliphatic carbocycles. The number of rotatable bonds is 5. The van der Waals surface area contributed by atoms with Gasteiger partial charge in [-0.3, -0.25) is 4.79 Å². The van der Waals surface area contributed by atoms with Crippen LogP contribution in [0.5, 0.6) is 0 Å². The Balaban J connectivity index is 2.27. The Morgan fingerprint density at radius 1 is 1.08 bits per heavy atom. The van der Waals surface area contributed by atoms with Crippen molar-refractivity contribution in [3.8, 4) is 0 Å². The first-order valence-electron chi connectivity index (χ1n) is 7.03. The van der Waals surface area contributed by atoms with E-state index < -0.39 is 21.9 Å². The van der Waals surface area contributed by atoms with Crippen LogP contribution < -0.4 is 10.5 Å². The van der Waals surface area contributed by atoms with E-state index in [0.29, 0.717) is 12.0 Å². The van der Waals surface area contributed by atoms with E-state index in [2.05, 4.69) is 5.32 Å². The van der Waals surface area contributed by atoms with Crippen molar-refractivity contribution in [1.82, 2.24) is 0 Å². The van der Waals surface area contributed by atoms with Gasteiger partial charge in [-0.2, -0.15) is 0 Å². The number of sulfonamides is 1. The third-order valence-electron chi connectivity index (χ3n) is 3.41. The summed E-state index contributed by atoms with van der Waals surface area (Å²) >= 11 is 0. The first kappa shape index (κ1) is 17.6. The number of primary sulfonamides is 1. The predicted molar refractivity (Wildman–Crippen MR) is 88.5 cm³/mol. The van der Waals surface area contributed by atoms with Crippen molar-refractivity contribution >= 4 is 27.6 Å². The highest BCUT2D eigenvalue weighted by molar-refractivity contribution is 7.89. The average Bonchev–Trinajstić information content (AvgIpc) is 2.54. The highest BCUT2D eigenvalue weighted by atomic mass is 32.2. The van der Waals surface area contributed by atoms with Crippen LogP contribution in [-0.2, 0) is 16.4 Å². The Bertz CT molecular complexity index is 889. The second-order valence-corrected chi connectivity index (χ2v) is 6.59. The molecule has 4 N–H and O–H groups in total. The molecule has 0 radical (unpaired) electrons. The highest BCUT2D eigenvalue weighted by Gasteiger charge is 2.15. The van der Waals surface area contributed by atoms with Crippen LogP contribution in [-0.4, -0.2) is 25.4 Å². The Morgan fingerprint density at radius 2 is 1.67 bits per heavy atom. The molecule has 0 spiro atoms. The second-order valence-electron chi connectivity index (χ2n) is 5.06. The van der Waals surface area contributed by atoms with Crippen LogP contribution in [0.2, 0.25) is 0 Å². The van der Waals surface area contributed by atoms with Gasteiger partial charge in [-0.15, -0.1) is 0 Å². The lowest BCUT2D eigenvalue weighted by Gasteiger charge is -2.10. The number of nitrogens with one attached hydrogen (secondary N) is 1. The maximum Gasteiger partial charge on any atom is 0.335 e. The molecular formula is C16H16N2O5S. The average molecular weight is 348 g/mol. The number of aryl methyl sites for hydroxylation is 1. The molecule has 0 bridgehead atoms. The van der Waals surface area contributed by atoms with E-state index in [1.807, 2.05) is 0 Å². The van der Waals surface area contributed by atoms with Crippen molar-refractivity contribution < 1.29 is 23.1 Å². The molecule has 0 heterocycles. The smallest absolute Gasteiger partial charge is 0.335 e. The third-order valence-corrected chi connectivity index (χ3v) is 4.40. The Kier molecular flexibility index (Phi) is 5.01. The molecule has 8 heteroatoms. The maximum atomic E-state index is 12.2. The van der Waals surface area contributed by atoms with Gasteiger partial charge >= 0.3 is 5.97 Å². The summed E-state index contributed by atoms with van der Waals surface area (Å²) in [6.07, 6.45) is 0.483. The first-order valence-corrected chi connectivity index (χ1v) is 8.57. The summed E-state index contributed by atoms with van der Waals surface area (Å²) in [7, 11) is -3.90. The van der Waals surface area contributed by atoms with Crippen LogP contribution in [0.25, 0.3) is 0 Å². The number of carboxylic acids is 1. The van der Waals surface area contributed by atoms with Gasteiger partial charge in [0.25, 0.3) is 5.91 Å². The minimum atomic E-state index is -3.90. The molecular weight excluding hydrogens is 332 g/mol. The lowest BCUT2D eigenvalue weighted by Crippen LogP contribution is -2.16. The molecule has 2 rings (SSSR count). The van der Waals surface area contributed by atoms with Gasteiger partial charge in [0, 0.05) is 11.3 Å². The summed E-state index contributed by atoms with van der Waals surface area (Å²) in [6, 6.07) is 9.84. The Morgan fingerprint density at radius 3 is 2.17 bits per heavy atom. The quantitative estimate of drug-likeness (QED) is 0.760. The van der Waals surface area contributed by atoms with Crippen LogP contribution >= 0.6 is 0 Å². The number of benzene rings is 2. The summed E-state index contributed by atoms with van der Waals surface area (Å²) in [4.78, 5) is 22.9. The fourth-order valence-corrected chi connectivity index (χ4v) is 3.03. The third kappa shape index (κ3) is 3.98. The van der Waals surface area contributed by atoms with Gasteiger partial charge in [-0.05, 0) is 48.4 Å². The molecule has 0 aliphatic heterocycles. The lowest BCUT2D eigenvalue weighted by molar-refractivity contribution is 0.0696. The van der Waals surface area contributed by atoms with Gasteiger partial charge < -0.3 is 10.4 Å². The SMILES string of the molecule is CCc1ccc(NC(=O)c2ccc(C(=O)O)cc2)cc1S(N)(=O)=O. The fraction of sp³-hybridized carbons (Fsp3) is 0.125. The maximum absolute atomic E-state index is 12.2. The van der Waals surface area contributed by atoms with Crippen LogP contribution in [0.1, 0.15) is 33.2 Å². The first-order chi connectivity index (χ1) is 11.2. The minimum Gasteiger partial charge on any atom is -0.478 e. The number of amides is 1. The summed E-state index contributed by atoms with van der Waals surface area (Å²) in [6.45, 7) is 1.80. The molecule has 0 aliphatic rings. The molecule has 2 aromatic rings. The summed E-state index contributed by atoms with van der Waals surface area (Å²) < 4.78 is 23.3. The standard InChI is InChI=1S/C16H16N2O5S/c1-2-10-7-8-13(9-14(10)24(17,22)23)18-15(19)11-3-5-12(6-4-11)16(20)21/h3-9H,2H2,1H3,(H,18,19)(H,20,21)(H2,17,22,23). The normalized spacial score (nSPS) is 11.1. The topological polar surface area (TPSA) is 127 Å². The van der Waals surface area contributed by atoms with Crippen molar-refractivity contribution in [3.05, 3.63) is 59.2 Å². The minimum absolute atomic E-state index is 0.0379. The zero-order chi connectivity index (χ0) is 17.9. The van der Waals surface area contributed by atoms with Gasteiger partial charge in [-0.1, -0.05) is 13.0 Å². The molecule has 2 aromatic carbocycles. The Hall–Kier alpha value is -2.71. The number of carboxylic acid groups (broad SMARTS) is 1. The van der Waals surface area contributed by atoms with E-state index >= 15 is 0 Å². The lowest BCUT2D eigenvalue weighted by atomic mass is 10.1. The van der Waals surface area contributed by atoms with E-state index in [1.165, 1.54) is 30.3 Å². The molecule has 7 nitrogen and oxygen atoms in total. The van der Waals surface area contributed by atoms with Crippen molar-refractivity contribution in [2.24, 2.45) is 5.14 Å². The molecule has 0 saturated carbocycles. The molecule has 24 heavy (non-hydrogen) atoms. The molecule has 0 saturated heterocycles. The number of hydrogen-bond acceptors (Lipinski definition) is 4. The highest BCUT2D eigenvalue weighted by Crippen LogP contribution is 2.21. The summed E-state index contributed by atoms with van der Waals surface area (Å²) in [5.74, 6) is -1.58. The van der Waals surface area contributed by atoms with Gasteiger partial charge in [0.15, 0.2) is 0 Å². The second kappa shape index (κ2) is 6.81. The van der Waals surface area contributed by atoms with Crippen molar-refractivity contribution in [1.29, 1.82) is 0 Å². The molecule has 0 atom stereocenters. The van der Waals surface area contributed by atoms with Crippen LogP contribution in [0.15, 0.2) is 47.4 Å². The van der Waals surface area contributed by atoms with Crippen LogP contribution in [0.4, 0.5) is 5.69 Å². The van der Waals surface area contributed by atoms with E-state index in [-0.39, 0.29) is 21.7 Å². The molecule has 0 fully saturated rings. The van der Waals surface area contributed by atoms with Crippen LogP contribution in [0, 0.1) is 0 Å². The van der Waals surface area contributed by atoms with Crippen molar-refractivity contribution in [2.45, 2.75) is 18.2 Å². The van der Waals surface area contributed by atoms with E-state index in [9.17, 15) is 18.0 Å². The number of carbonyl (C=O) groups is 2. The number of aromatic carboxylic acids is 1. The van der Waals surface area contributed by atoms with Crippen molar-refractivity contribution in [3.63, 3.8) is 0 Å². The van der Waals surface area contributed by atoms with Crippen LogP contribution in [0.3, 0.4) is 0 Å². The molecule has 0 unspecified atom stereocenters. The Labute approximate surface area is 139 Å². The predicted octanol–water partition coefficient (Wildman–Crippen LogP) is 1.85. The number of nitrogens with two attached hydrogens (primary N) is 1. The zero-order valence-corrected chi connectivity index (χ0v) is 13.6. The number of carbonyl (C=O) groups excluding carboxylic acids is 1. The summed E-state index contributed by atoms with van der Waals surface area (Å²) in [5.41, 5.74) is 1.15. The largest absolute Gasteiger partial charge is 0.478 e. The monoisotopic (exact) mass is 348 g/mol. The molecule has 1 amide bonds. The van der Waals surface area contributed by atoms with Gasteiger partial charge in [0.05, 0.1) is 10.5 Å². The zero-order valence-electron chi connectivity index (χ0n) is 12.8. The fourth-order valence-electron chi connectivity index (χ4n) is 2.16. The molecule has 0 aromatic heterocycles. The van der Waals surface area contributed by atoms with Gasteiger partial charge in [-0.25, -0.2) is 18.4 Å². The van der Waals surface area contributed by atoms with Gasteiger partial charge in [0.2, 0.25) is 10.0 Å². The summed E-state index contributed by atoms with van der Waals surface area (Å²) in [5, 5.41) is 16.6.